The zero-order valence-corrected chi connectivity index (χ0v) is 10.2. The van der Waals surface area contributed by atoms with E-state index < -0.39 is 11.7 Å². The smallest absolute Gasteiger partial charge is 0.307 e. The lowest BCUT2D eigenvalue weighted by atomic mass is 10.3. The molecule has 0 atom stereocenters. The standard InChI is InChI=1S/C10H8F3N5S/c11-10(12,13)6-1-2-8(16-3-6)19-9-5-15-4-7(17-9)18-14/h1-5H,14H2,(H,17,18). The first-order valence-electron chi connectivity index (χ1n) is 4.99. The Morgan fingerprint density at radius 2 is 1.89 bits per heavy atom. The van der Waals surface area contributed by atoms with E-state index in [0.29, 0.717) is 15.9 Å². The van der Waals surface area contributed by atoms with Gasteiger partial charge in [-0.2, -0.15) is 13.2 Å². The molecule has 3 N–H and O–H groups in total. The Morgan fingerprint density at radius 1 is 1.11 bits per heavy atom. The van der Waals surface area contributed by atoms with Crippen LogP contribution in [0.25, 0.3) is 0 Å². The summed E-state index contributed by atoms with van der Waals surface area (Å²) in [6.45, 7) is 0. The molecule has 0 aliphatic heterocycles. The number of nitrogens with one attached hydrogen (secondary N) is 1. The van der Waals surface area contributed by atoms with Gasteiger partial charge in [0.25, 0.3) is 0 Å². The van der Waals surface area contributed by atoms with Gasteiger partial charge in [-0.3, -0.25) is 4.98 Å². The molecule has 0 aliphatic rings. The Kier molecular flexibility index (Phi) is 3.86. The predicted octanol–water partition coefficient (Wildman–Crippen LogP) is 2.33. The molecule has 2 aromatic heterocycles. The van der Waals surface area contributed by atoms with Gasteiger partial charge in [0, 0.05) is 6.20 Å². The van der Waals surface area contributed by atoms with Gasteiger partial charge in [0.1, 0.15) is 10.1 Å². The van der Waals surface area contributed by atoms with Crippen LogP contribution in [0.1, 0.15) is 5.56 Å². The summed E-state index contributed by atoms with van der Waals surface area (Å²) in [6.07, 6.45) is -0.727. The number of hydrogen-bond acceptors (Lipinski definition) is 6. The summed E-state index contributed by atoms with van der Waals surface area (Å²) in [6, 6.07) is 2.24. The average Bonchev–Trinajstić information content (AvgIpc) is 2.38. The van der Waals surface area contributed by atoms with Gasteiger partial charge in [-0.25, -0.2) is 15.8 Å². The molecule has 5 nitrogen and oxygen atoms in total. The van der Waals surface area contributed by atoms with Crippen LogP contribution >= 0.6 is 11.8 Å². The van der Waals surface area contributed by atoms with E-state index in [1.54, 1.807) is 0 Å². The fourth-order valence-corrected chi connectivity index (χ4v) is 1.90. The maximum absolute atomic E-state index is 12.4. The number of hydrogen-bond donors (Lipinski definition) is 2. The van der Waals surface area contributed by atoms with Crippen molar-refractivity contribution in [3.05, 3.63) is 36.3 Å². The van der Waals surface area contributed by atoms with E-state index in [2.05, 4.69) is 20.4 Å². The number of aromatic nitrogens is 3. The highest BCUT2D eigenvalue weighted by Crippen LogP contribution is 2.30. The molecule has 2 rings (SSSR count). The third-order valence-corrected chi connectivity index (χ3v) is 2.89. The van der Waals surface area contributed by atoms with Gasteiger partial charge in [0.05, 0.1) is 18.0 Å². The molecule has 0 spiro atoms. The fourth-order valence-electron chi connectivity index (χ4n) is 1.18. The van der Waals surface area contributed by atoms with Gasteiger partial charge in [-0.05, 0) is 23.9 Å². The van der Waals surface area contributed by atoms with Crippen molar-refractivity contribution in [3.63, 3.8) is 0 Å². The minimum atomic E-state index is -4.39. The molecule has 2 heterocycles. The van der Waals surface area contributed by atoms with Crippen LogP contribution in [0.2, 0.25) is 0 Å². The second-order valence-corrected chi connectivity index (χ2v) is 4.41. The Hall–Kier alpha value is -1.87. The monoisotopic (exact) mass is 287 g/mol. The van der Waals surface area contributed by atoms with Gasteiger partial charge in [-0.15, -0.1) is 0 Å². The number of pyridine rings is 1. The summed E-state index contributed by atoms with van der Waals surface area (Å²) < 4.78 is 37.1. The van der Waals surface area contributed by atoms with E-state index in [1.165, 1.54) is 18.5 Å². The topological polar surface area (TPSA) is 76.7 Å². The van der Waals surface area contributed by atoms with E-state index in [1.807, 2.05) is 0 Å². The van der Waals surface area contributed by atoms with Crippen LogP contribution in [-0.4, -0.2) is 15.0 Å². The van der Waals surface area contributed by atoms with Gasteiger partial charge in [0.15, 0.2) is 5.82 Å². The highest BCUT2D eigenvalue weighted by atomic mass is 32.2. The van der Waals surface area contributed by atoms with Crippen LogP contribution in [0.3, 0.4) is 0 Å². The van der Waals surface area contributed by atoms with Gasteiger partial charge in [0.2, 0.25) is 0 Å². The molecular formula is C10H8F3N5S. The average molecular weight is 287 g/mol. The first-order valence-corrected chi connectivity index (χ1v) is 5.80. The van der Waals surface area contributed by atoms with Crippen molar-refractivity contribution >= 4 is 17.6 Å². The number of nitrogens with two attached hydrogens (primary N) is 1. The van der Waals surface area contributed by atoms with Gasteiger partial charge in [-0.1, -0.05) is 0 Å². The lowest BCUT2D eigenvalue weighted by molar-refractivity contribution is -0.137. The first-order chi connectivity index (χ1) is 8.99. The van der Waals surface area contributed by atoms with Crippen LogP contribution in [0.5, 0.6) is 0 Å². The molecule has 0 bridgehead atoms. The number of hydrazine groups is 1. The molecule has 0 amide bonds. The van der Waals surface area contributed by atoms with Crippen molar-refractivity contribution in [1.29, 1.82) is 0 Å². The van der Waals surface area contributed by atoms with Crippen molar-refractivity contribution < 1.29 is 13.2 Å². The summed E-state index contributed by atoms with van der Waals surface area (Å²) >= 11 is 1.09. The molecule has 0 fully saturated rings. The third kappa shape index (κ3) is 3.55. The number of anilines is 1. The molecule has 0 aliphatic carbocycles. The highest BCUT2D eigenvalue weighted by Gasteiger charge is 2.30. The number of halogens is 3. The molecule has 0 unspecified atom stereocenters. The zero-order valence-electron chi connectivity index (χ0n) is 9.35. The molecule has 0 aromatic carbocycles. The maximum atomic E-state index is 12.4. The zero-order chi connectivity index (χ0) is 13.9. The molecule has 100 valence electrons. The highest BCUT2D eigenvalue weighted by molar-refractivity contribution is 7.99. The van der Waals surface area contributed by atoms with Crippen molar-refractivity contribution in [2.75, 3.05) is 5.43 Å². The van der Waals surface area contributed by atoms with Crippen molar-refractivity contribution in [2.45, 2.75) is 16.2 Å². The maximum Gasteiger partial charge on any atom is 0.417 e. The van der Waals surface area contributed by atoms with Crippen LogP contribution in [0.4, 0.5) is 19.0 Å². The van der Waals surface area contributed by atoms with Gasteiger partial charge >= 0.3 is 6.18 Å². The Labute approximate surface area is 110 Å². The van der Waals surface area contributed by atoms with E-state index >= 15 is 0 Å². The van der Waals surface area contributed by atoms with Crippen LogP contribution in [0.15, 0.2) is 40.8 Å². The molecule has 2 aromatic rings. The Morgan fingerprint density at radius 3 is 2.47 bits per heavy atom. The summed E-state index contributed by atoms with van der Waals surface area (Å²) in [5.74, 6) is 5.54. The normalized spacial score (nSPS) is 11.4. The molecule has 0 radical (unpaired) electrons. The van der Waals surface area contributed by atoms with Crippen LogP contribution in [0, 0.1) is 0 Å². The van der Waals surface area contributed by atoms with Crippen LogP contribution < -0.4 is 11.3 Å². The number of rotatable bonds is 3. The molecule has 19 heavy (non-hydrogen) atoms. The first kappa shape index (κ1) is 13.6. The number of alkyl halides is 3. The second kappa shape index (κ2) is 5.41. The Balaban J connectivity index is 2.15. The summed E-state index contributed by atoms with van der Waals surface area (Å²) in [7, 11) is 0. The van der Waals surface area contributed by atoms with Crippen molar-refractivity contribution in [1.82, 2.24) is 15.0 Å². The van der Waals surface area contributed by atoms with E-state index in [-0.39, 0.29) is 0 Å². The van der Waals surface area contributed by atoms with E-state index in [4.69, 9.17) is 5.84 Å². The second-order valence-electron chi connectivity index (χ2n) is 3.37. The van der Waals surface area contributed by atoms with Gasteiger partial charge < -0.3 is 5.43 Å². The third-order valence-electron chi connectivity index (χ3n) is 2.03. The van der Waals surface area contributed by atoms with Crippen molar-refractivity contribution in [3.8, 4) is 0 Å². The predicted molar refractivity (Wildman–Crippen MR) is 63.2 cm³/mol. The molecule has 0 saturated carbocycles. The minimum Gasteiger partial charge on any atom is -0.307 e. The summed E-state index contributed by atoms with van der Waals surface area (Å²) in [5, 5.41) is 0.860. The minimum absolute atomic E-state index is 0.358. The summed E-state index contributed by atoms with van der Waals surface area (Å²) in [5.41, 5.74) is 1.53. The SMILES string of the molecule is NNc1cncc(Sc2ccc(C(F)(F)F)cn2)n1. The lowest BCUT2D eigenvalue weighted by Crippen LogP contribution is -2.09. The summed E-state index contributed by atoms with van der Waals surface area (Å²) in [4.78, 5) is 11.7. The van der Waals surface area contributed by atoms with E-state index in [9.17, 15) is 13.2 Å². The largest absolute Gasteiger partial charge is 0.417 e. The van der Waals surface area contributed by atoms with Crippen molar-refractivity contribution in [2.24, 2.45) is 5.84 Å². The molecule has 9 heteroatoms. The number of nitrogen functional groups attached to an aromatic ring is 1. The lowest BCUT2D eigenvalue weighted by Gasteiger charge is -2.06. The quantitative estimate of drug-likeness (QED) is 0.666. The van der Waals surface area contributed by atoms with E-state index in [0.717, 1.165) is 24.0 Å². The van der Waals surface area contributed by atoms with Crippen LogP contribution in [-0.2, 0) is 6.18 Å². The number of nitrogens with zero attached hydrogens (tertiary/aromatic N) is 3. The fraction of sp³-hybridized carbons (Fsp3) is 0.100. The molecular weight excluding hydrogens is 279 g/mol. The molecule has 0 saturated heterocycles. The Bertz CT molecular complexity index is 558.